The number of azo groups is 1. The van der Waals surface area contributed by atoms with E-state index in [1.54, 1.807) is 12.1 Å². The van der Waals surface area contributed by atoms with E-state index in [1.807, 2.05) is 43.3 Å². The molecule has 0 bridgehead atoms. The van der Waals surface area contributed by atoms with E-state index in [1.165, 1.54) is 29.8 Å². The van der Waals surface area contributed by atoms with Gasteiger partial charge in [0.2, 0.25) is 0 Å². The average molecular weight is 382 g/mol. The second-order valence-electron chi connectivity index (χ2n) is 5.94. The Kier molecular flexibility index (Phi) is 5.63. The van der Waals surface area contributed by atoms with Gasteiger partial charge in [0.15, 0.2) is 0 Å². The molecule has 3 rings (SSSR count). The third-order valence-electron chi connectivity index (χ3n) is 3.78. The molecule has 0 aromatic heterocycles. The number of hydrogen-bond donors (Lipinski definition) is 1. The van der Waals surface area contributed by atoms with E-state index in [0.29, 0.717) is 18.0 Å². The molecule has 3 aromatic rings. The number of nitrogens with zero attached hydrogens (tertiary/aromatic N) is 2. The Bertz CT molecular complexity index is 1030. The van der Waals surface area contributed by atoms with E-state index >= 15 is 0 Å². The van der Waals surface area contributed by atoms with Gasteiger partial charge in [0, 0.05) is 0 Å². The highest BCUT2D eigenvalue weighted by molar-refractivity contribution is 7.85. The molecule has 0 aliphatic carbocycles. The van der Waals surface area contributed by atoms with Gasteiger partial charge in [0.25, 0.3) is 10.1 Å². The van der Waals surface area contributed by atoms with Gasteiger partial charge in [0.05, 0.1) is 16.3 Å². The molecule has 0 heterocycles. The van der Waals surface area contributed by atoms with Crippen LogP contribution in [0.4, 0.5) is 11.4 Å². The minimum atomic E-state index is -4.21. The van der Waals surface area contributed by atoms with Gasteiger partial charge in [-0.15, -0.1) is 0 Å². The molecule has 1 N–H and O–H groups in total. The lowest BCUT2D eigenvalue weighted by atomic mass is 10.2. The van der Waals surface area contributed by atoms with Gasteiger partial charge >= 0.3 is 0 Å². The maximum Gasteiger partial charge on any atom is 0.294 e. The third kappa shape index (κ3) is 5.47. The van der Waals surface area contributed by atoms with Gasteiger partial charge in [-0.05, 0) is 61.0 Å². The first-order valence-electron chi connectivity index (χ1n) is 8.18. The Balaban J connectivity index is 1.60. The summed E-state index contributed by atoms with van der Waals surface area (Å²) >= 11 is 0. The minimum absolute atomic E-state index is 0.184. The number of benzene rings is 3. The Hall–Kier alpha value is -3.03. The predicted molar refractivity (Wildman–Crippen MR) is 102 cm³/mol. The number of aryl methyl sites for hydroxylation is 1. The summed E-state index contributed by atoms with van der Waals surface area (Å²) in [4.78, 5) is -0.184. The predicted octanol–water partition coefficient (Wildman–Crippen LogP) is 5.24. The molecule has 0 amide bonds. The van der Waals surface area contributed by atoms with Crippen LogP contribution in [0.5, 0.6) is 5.75 Å². The molecule has 0 atom stereocenters. The zero-order chi connectivity index (χ0) is 19.3. The van der Waals surface area contributed by atoms with Gasteiger partial charge < -0.3 is 4.74 Å². The first-order valence-corrected chi connectivity index (χ1v) is 9.62. The molecule has 0 spiro atoms. The van der Waals surface area contributed by atoms with Crippen molar-refractivity contribution in [3.63, 3.8) is 0 Å². The van der Waals surface area contributed by atoms with Crippen LogP contribution in [0.1, 0.15) is 11.1 Å². The zero-order valence-corrected chi connectivity index (χ0v) is 15.4. The third-order valence-corrected chi connectivity index (χ3v) is 4.65. The maximum absolute atomic E-state index is 11.0. The van der Waals surface area contributed by atoms with Crippen molar-refractivity contribution >= 4 is 21.5 Å². The van der Waals surface area contributed by atoms with Crippen molar-refractivity contribution in [2.24, 2.45) is 10.2 Å². The summed E-state index contributed by atoms with van der Waals surface area (Å²) in [7, 11) is -4.21. The summed E-state index contributed by atoms with van der Waals surface area (Å²) in [6, 6.07) is 20.8. The molecular formula is C20H18N2O4S. The minimum Gasteiger partial charge on any atom is -0.489 e. The lowest BCUT2D eigenvalue weighted by Crippen LogP contribution is -1.96. The monoisotopic (exact) mass is 382 g/mol. The van der Waals surface area contributed by atoms with Crippen LogP contribution in [0.2, 0.25) is 0 Å². The Morgan fingerprint density at radius 1 is 0.815 bits per heavy atom. The van der Waals surface area contributed by atoms with Crippen LogP contribution in [-0.4, -0.2) is 13.0 Å². The quantitative estimate of drug-likeness (QED) is 0.467. The topological polar surface area (TPSA) is 88.3 Å². The summed E-state index contributed by atoms with van der Waals surface area (Å²) in [5.41, 5.74) is 3.41. The van der Waals surface area contributed by atoms with Crippen molar-refractivity contribution in [2.45, 2.75) is 18.4 Å². The Labute approximate surface area is 157 Å². The molecule has 0 aliphatic heterocycles. The fourth-order valence-corrected chi connectivity index (χ4v) is 2.74. The molecule has 3 aromatic carbocycles. The lowest BCUT2D eigenvalue weighted by Gasteiger charge is -2.06. The van der Waals surface area contributed by atoms with Crippen molar-refractivity contribution in [1.29, 1.82) is 0 Å². The first kappa shape index (κ1) is 18.8. The van der Waals surface area contributed by atoms with Crippen LogP contribution in [0, 0.1) is 6.92 Å². The highest BCUT2D eigenvalue weighted by Crippen LogP contribution is 2.23. The number of rotatable bonds is 6. The Morgan fingerprint density at radius 3 is 1.85 bits per heavy atom. The van der Waals surface area contributed by atoms with Crippen LogP contribution in [-0.2, 0) is 16.7 Å². The molecule has 0 saturated carbocycles. The summed E-state index contributed by atoms with van der Waals surface area (Å²) in [5, 5.41) is 8.13. The molecule has 0 unspecified atom stereocenters. The van der Waals surface area contributed by atoms with Crippen molar-refractivity contribution in [2.75, 3.05) is 0 Å². The van der Waals surface area contributed by atoms with E-state index in [2.05, 4.69) is 10.2 Å². The lowest BCUT2D eigenvalue weighted by molar-refractivity contribution is 0.306. The SMILES string of the molecule is Cc1ccc(COc2ccc(/N=N/c3ccc(S(=O)(=O)O)cc3)cc2)cc1. The van der Waals surface area contributed by atoms with E-state index in [9.17, 15) is 8.42 Å². The summed E-state index contributed by atoms with van der Waals surface area (Å²) in [6.45, 7) is 2.53. The summed E-state index contributed by atoms with van der Waals surface area (Å²) in [5.74, 6) is 0.729. The van der Waals surface area contributed by atoms with Gasteiger partial charge in [-0.25, -0.2) is 0 Å². The van der Waals surface area contributed by atoms with Crippen LogP contribution >= 0.6 is 0 Å². The second-order valence-corrected chi connectivity index (χ2v) is 7.36. The van der Waals surface area contributed by atoms with Crippen molar-refractivity contribution in [3.8, 4) is 5.75 Å². The second kappa shape index (κ2) is 8.11. The fraction of sp³-hybridized carbons (Fsp3) is 0.100. The highest BCUT2D eigenvalue weighted by atomic mass is 32.2. The van der Waals surface area contributed by atoms with Crippen LogP contribution in [0.3, 0.4) is 0 Å². The maximum atomic E-state index is 11.0. The molecule has 0 radical (unpaired) electrons. The summed E-state index contributed by atoms with van der Waals surface area (Å²) in [6.07, 6.45) is 0. The molecule has 138 valence electrons. The average Bonchev–Trinajstić information content (AvgIpc) is 2.66. The van der Waals surface area contributed by atoms with E-state index in [4.69, 9.17) is 9.29 Å². The van der Waals surface area contributed by atoms with Crippen LogP contribution in [0.15, 0.2) is 87.9 Å². The Morgan fingerprint density at radius 2 is 1.33 bits per heavy atom. The molecule has 0 fully saturated rings. The molecule has 0 saturated heterocycles. The smallest absolute Gasteiger partial charge is 0.294 e. The molecule has 6 nitrogen and oxygen atoms in total. The van der Waals surface area contributed by atoms with E-state index in [-0.39, 0.29) is 4.90 Å². The van der Waals surface area contributed by atoms with Gasteiger partial charge in [-0.2, -0.15) is 18.6 Å². The van der Waals surface area contributed by atoms with Crippen LogP contribution in [0.25, 0.3) is 0 Å². The summed E-state index contributed by atoms with van der Waals surface area (Å²) < 4.78 is 36.7. The normalized spacial score (nSPS) is 11.6. The van der Waals surface area contributed by atoms with Crippen molar-refractivity contribution < 1.29 is 17.7 Å². The van der Waals surface area contributed by atoms with Crippen molar-refractivity contribution in [1.82, 2.24) is 0 Å². The number of hydrogen-bond acceptors (Lipinski definition) is 5. The largest absolute Gasteiger partial charge is 0.489 e. The zero-order valence-electron chi connectivity index (χ0n) is 14.6. The standard InChI is InChI=1S/C20H18N2O4S/c1-15-2-4-16(5-3-15)14-26-19-10-6-17(7-11-19)21-22-18-8-12-20(13-9-18)27(23,24)25/h2-13H,14H2,1H3,(H,23,24,25)/b22-21+. The van der Waals surface area contributed by atoms with Gasteiger partial charge in [-0.1, -0.05) is 29.8 Å². The molecule has 7 heteroatoms. The van der Waals surface area contributed by atoms with Gasteiger partial charge in [-0.3, -0.25) is 4.55 Å². The van der Waals surface area contributed by atoms with Crippen LogP contribution < -0.4 is 4.74 Å². The fourth-order valence-electron chi connectivity index (χ4n) is 2.26. The number of ether oxygens (including phenoxy) is 1. The van der Waals surface area contributed by atoms with Crippen molar-refractivity contribution in [3.05, 3.63) is 83.9 Å². The van der Waals surface area contributed by atoms with E-state index < -0.39 is 10.1 Å². The molecule has 0 aliphatic rings. The first-order chi connectivity index (χ1) is 12.9. The highest BCUT2D eigenvalue weighted by Gasteiger charge is 2.08. The van der Waals surface area contributed by atoms with Gasteiger partial charge in [0.1, 0.15) is 12.4 Å². The van der Waals surface area contributed by atoms with E-state index in [0.717, 1.165) is 11.3 Å². The molecular weight excluding hydrogens is 364 g/mol. The molecule has 27 heavy (non-hydrogen) atoms.